The smallest absolute Gasteiger partial charge is 0.270 e. The highest BCUT2D eigenvalue weighted by Gasteiger charge is 2.17. The number of nitrogens with one attached hydrogen (secondary N) is 1. The van der Waals surface area contributed by atoms with Crippen molar-refractivity contribution in [3.05, 3.63) is 45.9 Å². The van der Waals surface area contributed by atoms with Gasteiger partial charge in [-0.2, -0.15) is 0 Å². The van der Waals surface area contributed by atoms with E-state index in [0.29, 0.717) is 18.8 Å². The Hall–Kier alpha value is -1.96. The molecule has 1 aromatic heterocycles. The van der Waals surface area contributed by atoms with E-state index in [1.54, 1.807) is 12.5 Å². The quantitative estimate of drug-likeness (QED) is 0.654. The summed E-state index contributed by atoms with van der Waals surface area (Å²) in [6.45, 7) is 8.73. The Kier molecular flexibility index (Phi) is 7.82. The lowest BCUT2D eigenvalue weighted by atomic mass is 10.2. The van der Waals surface area contributed by atoms with Crippen LogP contribution in [0.25, 0.3) is 0 Å². The molecule has 1 fully saturated rings. The number of benzene rings is 1. The first kappa shape index (κ1) is 20.8. The van der Waals surface area contributed by atoms with Crippen molar-refractivity contribution < 1.29 is 9.53 Å². The van der Waals surface area contributed by atoms with Crippen LogP contribution in [0.15, 0.2) is 29.6 Å². The number of methoxy groups -OCH3 is 1. The van der Waals surface area contributed by atoms with Crippen LogP contribution in [0.2, 0.25) is 0 Å². The second-order valence-electron chi connectivity index (χ2n) is 7.19. The van der Waals surface area contributed by atoms with Crippen LogP contribution in [-0.2, 0) is 11.3 Å². The summed E-state index contributed by atoms with van der Waals surface area (Å²) in [7, 11) is 1.63. The minimum absolute atomic E-state index is 0.0922. The van der Waals surface area contributed by atoms with Crippen molar-refractivity contribution in [2.45, 2.75) is 26.4 Å². The highest BCUT2D eigenvalue weighted by Crippen LogP contribution is 2.18. The number of ether oxygens (including phenoxy) is 1. The number of hydrogen-bond donors (Lipinski definition) is 1. The van der Waals surface area contributed by atoms with E-state index in [-0.39, 0.29) is 5.91 Å². The zero-order chi connectivity index (χ0) is 19.8. The Balaban J connectivity index is 1.29. The van der Waals surface area contributed by atoms with Crippen molar-refractivity contribution in [3.63, 3.8) is 0 Å². The van der Waals surface area contributed by atoms with Crippen LogP contribution >= 0.6 is 11.3 Å². The maximum Gasteiger partial charge on any atom is 0.270 e. The van der Waals surface area contributed by atoms with E-state index >= 15 is 0 Å². The van der Waals surface area contributed by atoms with Crippen molar-refractivity contribution in [1.29, 1.82) is 0 Å². The van der Waals surface area contributed by atoms with Gasteiger partial charge in [-0.05, 0) is 44.0 Å². The Morgan fingerprint density at radius 2 is 2.07 bits per heavy atom. The number of unbranched alkanes of at least 4 members (excludes halogenated alkanes) is 1. The van der Waals surface area contributed by atoms with Gasteiger partial charge in [0.2, 0.25) is 0 Å². The molecule has 1 aliphatic heterocycles. The second-order valence-corrected chi connectivity index (χ2v) is 8.13. The van der Waals surface area contributed by atoms with E-state index in [1.165, 1.54) is 22.6 Å². The number of piperazine rings is 1. The average Bonchev–Trinajstić information content (AvgIpc) is 3.17. The third kappa shape index (κ3) is 6.02. The summed E-state index contributed by atoms with van der Waals surface area (Å²) in [4.78, 5) is 21.4. The van der Waals surface area contributed by atoms with Gasteiger partial charge < -0.3 is 15.0 Å². The molecule has 0 bridgehead atoms. The summed E-state index contributed by atoms with van der Waals surface area (Å²) in [5, 5.41) is 5.58. The molecule has 2 heterocycles. The third-order valence-corrected chi connectivity index (χ3v) is 5.80. The Morgan fingerprint density at radius 3 is 2.82 bits per heavy atom. The molecule has 0 aliphatic carbocycles. The topological polar surface area (TPSA) is 57.7 Å². The predicted molar refractivity (Wildman–Crippen MR) is 114 cm³/mol. The monoisotopic (exact) mass is 402 g/mol. The molecule has 0 unspecified atom stereocenters. The van der Waals surface area contributed by atoms with Crippen LogP contribution in [0, 0.1) is 6.92 Å². The van der Waals surface area contributed by atoms with Gasteiger partial charge in [-0.3, -0.25) is 9.69 Å². The molecule has 1 saturated heterocycles. The van der Waals surface area contributed by atoms with Gasteiger partial charge in [-0.15, -0.1) is 11.3 Å². The summed E-state index contributed by atoms with van der Waals surface area (Å²) in [5.41, 5.74) is 3.14. The maximum atomic E-state index is 12.1. The molecule has 28 heavy (non-hydrogen) atoms. The Bertz CT molecular complexity index is 756. The number of carbonyl (C=O) groups is 1. The fourth-order valence-corrected chi connectivity index (χ4v) is 4.16. The SMILES string of the molecule is COCc1nc(C(=O)NCCCCN2CCN(c3cccc(C)c3)CC2)cs1. The van der Waals surface area contributed by atoms with E-state index in [2.05, 4.69) is 51.3 Å². The van der Waals surface area contributed by atoms with Gasteiger partial charge in [0.25, 0.3) is 5.91 Å². The van der Waals surface area contributed by atoms with Gasteiger partial charge in [0.15, 0.2) is 0 Å². The number of aromatic nitrogens is 1. The van der Waals surface area contributed by atoms with Crippen molar-refractivity contribution in [3.8, 4) is 0 Å². The first-order valence-corrected chi connectivity index (χ1v) is 10.8. The van der Waals surface area contributed by atoms with E-state index in [4.69, 9.17) is 4.74 Å². The summed E-state index contributed by atoms with van der Waals surface area (Å²) < 4.78 is 5.04. The fraction of sp³-hybridized carbons (Fsp3) is 0.524. The normalized spacial score (nSPS) is 15.0. The van der Waals surface area contributed by atoms with Crippen LogP contribution in [0.4, 0.5) is 5.69 Å². The third-order valence-electron chi connectivity index (χ3n) is 4.98. The van der Waals surface area contributed by atoms with Crippen molar-refractivity contribution >= 4 is 22.9 Å². The Labute approximate surface area is 171 Å². The highest BCUT2D eigenvalue weighted by molar-refractivity contribution is 7.09. The molecule has 0 atom stereocenters. The molecular weight excluding hydrogens is 372 g/mol. The van der Waals surface area contributed by atoms with Crippen molar-refractivity contribution in [2.24, 2.45) is 0 Å². The number of nitrogens with zero attached hydrogens (tertiary/aromatic N) is 3. The summed E-state index contributed by atoms with van der Waals surface area (Å²) in [6.07, 6.45) is 2.08. The molecule has 1 aliphatic rings. The van der Waals surface area contributed by atoms with Gasteiger partial charge in [0.1, 0.15) is 10.7 Å². The molecule has 0 spiro atoms. The molecule has 1 N–H and O–H groups in total. The molecular formula is C21H30N4O2S. The number of anilines is 1. The number of carbonyl (C=O) groups excluding carboxylic acids is 1. The summed E-state index contributed by atoms with van der Waals surface area (Å²) in [5.74, 6) is -0.0922. The van der Waals surface area contributed by atoms with E-state index in [1.807, 2.05) is 0 Å². The summed E-state index contributed by atoms with van der Waals surface area (Å²) in [6, 6.07) is 8.74. The van der Waals surface area contributed by atoms with Crippen molar-refractivity contribution in [1.82, 2.24) is 15.2 Å². The molecule has 6 nitrogen and oxygen atoms in total. The highest BCUT2D eigenvalue weighted by atomic mass is 32.1. The van der Waals surface area contributed by atoms with E-state index in [0.717, 1.165) is 50.6 Å². The maximum absolute atomic E-state index is 12.1. The number of aryl methyl sites for hydroxylation is 1. The number of amides is 1. The summed E-state index contributed by atoms with van der Waals surface area (Å²) >= 11 is 1.46. The fourth-order valence-electron chi connectivity index (χ4n) is 3.41. The standard InChI is InChI=1S/C21H30N4O2S/c1-17-6-5-7-18(14-17)25-12-10-24(11-13-25)9-4-3-8-22-21(26)19-16-28-20(23-19)15-27-2/h5-7,14,16H,3-4,8-13,15H2,1-2H3,(H,22,26). The lowest BCUT2D eigenvalue weighted by molar-refractivity contribution is 0.0947. The van der Waals surface area contributed by atoms with E-state index in [9.17, 15) is 4.79 Å². The van der Waals surface area contributed by atoms with Crippen LogP contribution < -0.4 is 10.2 Å². The average molecular weight is 403 g/mol. The molecule has 0 radical (unpaired) electrons. The van der Waals surface area contributed by atoms with Crippen molar-refractivity contribution in [2.75, 3.05) is 51.3 Å². The van der Waals surface area contributed by atoms with Crippen LogP contribution in [0.3, 0.4) is 0 Å². The molecule has 2 aromatic rings. The van der Waals surface area contributed by atoms with Crippen LogP contribution in [-0.4, -0.2) is 62.2 Å². The van der Waals surface area contributed by atoms with Gasteiger partial charge in [0.05, 0.1) is 6.61 Å². The molecule has 1 amide bonds. The molecule has 7 heteroatoms. The number of rotatable bonds is 9. The predicted octanol–water partition coefficient (Wildman–Crippen LogP) is 2.93. The lowest BCUT2D eigenvalue weighted by Crippen LogP contribution is -2.46. The number of hydrogen-bond acceptors (Lipinski definition) is 6. The minimum Gasteiger partial charge on any atom is -0.378 e. The lowest BCUT2D eigenvalue weighted by Gasteiger charge is -2.36. The molecule has 0 saturated carbocycles. The largest absolute Gasteiger partial charge is 0.378 e. The molecule has 1 aromatic carbocycles. The van der Waals surface area contributed by atoms with Gasteiger partial charge in [-0.1, -0.05) is 12.1 Å². The van der Waals surface area contributed by atoms with Crippen LogP contribution in [0.5, 0.6) is 0 Å². The van der Waals surface area contributed by atoms with Gasteiger partial charge >= 0.3 is 0 Å². The first-order valence-electron chi connectivity index (χ1n) is 9.91. The Morgan fingerprint density at radius 1 is 1.25 bits per heavy atom. The molecule has 3 rings (SSSR count). The zero-order valence-electron chi connectivity index (χ0n) is 16.8. The molecule has 152 valence electrons. The zero-order valence-corrected chi connectivity index (χ0v) is 17.6. The number of thiazole rings is 1. The van der Waals surface area contributed by atoms with Crippen LogP contribution in [0.1, 0.15) is 33.9 Å². The second kappa shape index (κ2) is 10.5. The van der Waals surface area contributed by atoms with Gasteiger partial charge in [-0.25, -0.2) is 4.98 Å². The first-order chi connectivity index (χ1) is 13.7. The van der Waals surface area contributed by atoms with Gasteiger partial charge in [0, 0.05) is 50.9 Å². The minimum atomic E-state index is -0.0922. The van der Waals surface area contributed by atoms with E-state index < -0.39 is 0 Å².